The lowest BCUT2D eigenvalue weighted by atomic mass is 10.1. The fourth-order valence-corrected chi connectivity index (χ4v) is 2.88. The van der Waals surface area contributed by atoms with Crippen LogP contribution in [-0.2, 0) is 4.79 Å². The molecule has 0 aliphatic rings. The second kappa shape index (κ2) is 9.46. The Balaban J connectivity index is 1.95. The Kier molecular flexibility index (Phi) is 7.30. The van der Waals surface area contributed by atoms with Gasteiger partial charge in [0, 0.05) is 22.2 Å². The zero-order valence-corrected chi connectivity index (χ0v) is 16.0. The number of likely N-dealkylation sites (N-methyl/N-ethyl adjacent to an activating group) is 1. The first kappa shape index (κ1) is 20.1. The molecule has 0 bridgehead atoms. The highest BCUT2D eigenvalue weighted by Gasteiger charge is 2.14. The Morgan fingerprint density at radius 2 is 1.81 bits per heavy atom. The van der Waals surface area contributed by atoms with Gasteiger partial charge in [-0.25, -0.2) is 0 Å². The number of carbonyl (C=O) groups excluding carboxylic acids is 2. The molecule has 2 rings (SSSR count). The quantitative estimate of drug-likeness (QED) is 0.745. The summed E-state index contributed by atoms with van der Waals surface area (Å²) in [5.41, 5.74) is 1.26. The van der Waals surface area contributed by atoms with Crippen LogP contribution in [0, 0.1) is 0 Å². The average Bonchev–Trinajstić information content (AvgIpc) is 2.60. The standard InChI is InChI=1S/C19H20Cl2N2O3/c1-3-22-18(24)11-26-15-7-4-13(5-8-15)19(25)23-12(2)16-9-6-14(20)10-17(16)21/h4-10,12H,3,11H2,1-2H3,(H,22,24)(H,23,25)/t12-/m1/s1. The number of nitrogens with one attached hydrogen (secondary N) is 2. The van der Waals surface area contributed by atoms with Crippen LogP contribution in [-0.4, -0.2) is 25.0 Å². The Labute approximate surface area is 162 Å². The molecule has 0 aliphatic carbocycles. The maximum absolute atomic E-state index is 12.4. The number of amides is 2. The van der Waals surface area contributed by atoms with Gasteiger partial charge in [-0.05, 0) is 55.8 Å². The van der Waals surface area contributed by atoms with E-state index in [9.17, 15) is 9.59 Å². The Hall–Kier alpha value is -2.24. The van der Waals surface area contributed by atoms with E-state index in [0.29, 0.717) is 27.9 Å². The molecule has 0 aromatic heterocycles. The van der Waals surface area contributed by atoms with Crippen LogP contribution < -0.4 is 15.4 Å². The van der Waals surface area contributed by atoms with Crippen LogP contribution in [0.2, 0.25) is 10.0 Å². The number of carbonyl (C=O) groups is 2. The number of benzene rings is 2. The highest BCUT2D eigenvalue weighted by molar-refractivity contribution is 6.35. The molecule has 138 valence electrons. The summed E-state index contributed by atoms with van der Waals surface area (Å²) in [7, 11) is 0. The predicted octanol–water partition coefficient (Wildman–Crippen LogP) is 4.00. The molecule has 0 unspecified atom stereocenters. The smallest absolute Gasteiger partial charge is 0.257 e. The van der Waals surface area contributed by atoms with Gasteiger partial charge in [0.25, 0.3) is 11.8 Å². The third-order valence-electron chi connectivity index (χ3n) is 3.64. The summed E-state index contributed by atoms with van der Waals surface area (Å²) < 4.78 is 5.36. The molecule has 2 aromatic rings. The first-order valence-electron chi connectivity index (χ1n) is 8.16. The monoisotopic (exact) mass is 394 g/mol. The zero-order chi connectivity index (χ0) is 19.1. The second-order valence-corrected chi connectivity index (χ2v) is 6.47. The van der Waals surface area contributed by atoms with Gasteiger partial charge >= 0.3 is 0 Å². The van der Waals surface area contributed by atoms with Crippen LogP contribution in [0.25, 0.3) is 0 Å². The van der Waals surface area contributed by atoms with Crippen molar-refractivity contribution in [1.82, 2.24) is 10.6 Å². The molecule has 5 nitrogen and oxygen atoms in total. The first-order chi connectivity index (χ1) is 12.4. The molecule has 0 heterocycles. The third kappa shape index (κ3) is 5.64. The summed E-state index contributed by atoms with van der Waals surface area (Å²) >= 11 is 12.1. The minimum absolute atomic E-state index is 0.0640. The van der Waals surface area contributed by atoms with E-state index >= 15 is 0 Å². The number of halogens is 2. The van der Waals surface area contributed by atoms with E-state index in [2.05, 4.69) is 10.6 Å². The van der Waals surface area contributed by atoms with E-state index < -0.39 is 0 Å². The van der Waals surface area contributed by atoms with Gasteiger partial charge in [-0.15, -0.1) is 0 Å². The molecule has 2 amide bonds. The van der Waals surface area contributed by atoms with E-state index in [-0.39, 0.29) is 24.5 Å². The Morgan fingerprint density at radius 3 is 2.42 bits per heavy atom. The summed E-state index contributed by atoms with van der Waals surface area (Å²) in [6.45, 7) is 4.17. The lowest BCUT2D eigenvalue weighted by molar-refractivity contribution is -0.122. The van der Waals surface area contributed by atoms with Gasteiger partial charge < -0.3 is 15.4 Å². The van der Waals surface area contributed by atoms with Crippen molar-refractivity contribution >= 4 is 35.0 Å². The minimum Gasteiger partial charge on any atom is -0.484 e. The Morgan fingerprint density at radius 1 is 1.12 bits per heavy atom. The third-order valence-corrected chi connectivity index (χ3v) is 4.20. The van der Waals surface area contributed by atoms with Crippen LogP contribution in [0.5, 0.6) is 5.75 Å². The number of ether oxygens (including phenoxy) is 1. The number of hydrogen-bond donors (Lipinski definition) is 2. The molecule has 0 fully saturated rings. The van der Waals surface area contributed by atoms with Crippen molar-refractivity contribution in [1.29, 1.82) is 0 Å². The highest BCUT2D eigenvalue weighted by atomic mass is 35.5. The van der Waals surface area contributed by atoms with Crippen LogP contribution in [0.1, 0.15) is 35.8 Å². The van der Waals surface area contributed by atoms with Crippen LogP contribution in [0.4, 0.5) is 0 Å². The van der Waals surface area contributed by atoms with Crippen molar-refractivity contribution in [2.24, 2.45) is 0 Å². The summed E-state index contributed by atoms with van der Waals surface area (Å²) in [4.78, 5) is 23.8. The van der Waals surface area contributed by atoms with Gasteiger partial charge in [0.2, 0.25) is 0 Å². The molecule has 26 heavy (non-hydrogen) atoms. The molecule has 0 saturated heterocycles. The SMILES string of the molecule is CCNC(=O)COc1ccc(C(=O)N[C@H](C)c2ccc(Cl)cc2Cl)cc1. The minimum atomic E-state index is -0.277. The van der Waals surface area contributed by atoms with Crippen molar-refractivity contribution in [2.75, 3.05) is 13.2 Å². The fraction of sp³-hybridized carbons (Fsp3) is 0.263. The fourth-order valence-electron chi connectivity index (χ4n) is 2.31. The van der Waals surface area contributed by atoms with E-state index in [1.807, 2.05) is 13.8 Å². The lowest BCUT2D eigenvalue weighted by Gasteiger charge is -2.16. The summed E-state index contributed by atoms with van der Waals surface area (Å²) in [6.07, 6.45) is 0. The number of hydrogen-bond acceptors (Lipinski definition) is 3. The molecule has 2 aromatic carbocycles. The second-order valence-electron chi connectivity index (χ2n) is 5.63. The molecular weight excluding hydrogens is 375 g/mol. The maximum atomic E-state index is 12.4. The molecule has 1 atom stereocenters. The van der Waals surface area contributed by atoms with Crippen molar-refractivity contribution in [3.05, 3.63) is 63.6 Å². The Bertz CT molecular complexity index is 779. The van der Waals surface area contributed by atoms with Gasteiger partial charge in [0.05, 0.1) is 6.04 Å². The largest absolute Gasteiger partial charge is 0.484 e. The lowest BCUT2D eigenvalue weighted by Crippen LogP contribution is -2.28. The summed E-state index contributed by atoms with van der Waals surface area (Å²) in [5, 5.41) is 6.57. The molecule has 2 N–H and O–H groups in total. The van der Waals surface area contributed by atoms with Gasteiger partial charge in [0.15, 0.2) is 6.61 Å². The van der Waals surface area contributed by atoms with Gasteiger partial charge in [-0.3, -0.25) is 9.59 Å². The van der Waals surface area contributed by atoms with Crippen LogP contribution >= 0.6 is 23.2 Å². The van der Waals surface area contributed by atoms with Gasteiger partial charge in [-0.1, -0.05) is 29.3 Å². The van der Waals surface area contributed by atoms with Crippen LogP contribution in [0.3, 0.4) is 0 Å². The van der Waals surface area contributed by atoms with Crippen molar-refractivity contribution in [3.8, 4) is 5.75 Å². The molecule has 0 spiro atoms. The molecular formula is C19H20Cl2N2O3. The van der Waals surface area contributed by atoms with Gasteiger partial charge in [-0.2, -0.15) is 0 Å². The molecule has 0 saturated carbocycles. The summed E-state index contributed by atoms with van der Waals surface area (Å²) in [5.74, 6) is 0.0865. The predicted molar refractivity (Wildman–Crippen MR) is 103 cm³/mol. The summed E-state index contributed by atoms with van der Waals surface area (Å²) in [6, 6.07) is 11.4. The first-order valence-corrected chi connectivity index (χ1v) is 8.91. The van der Waals surface area contributed by atoms with E-state index in [0.717, 1.165) is 5.56 Å². The van der Waals surface area contributed by atoms with E-state index in [4.69, 9.17) is 27.9 Å². The van der Waals surface area contributed by atoms with Crippen molar-refractivity contribution in [2.45, 2.75) is 19.9 Å². The maximum Gasteiger partial charge on any atom is 0.257 e. The topological polar surface area (TPSA) is 67.4 Å². The number of rotatable bonds is 7. The highest BCUT2D eigenvalue weighted by Crippen LogP contribution is 2.26. The van der Waals surface area contributed by atoms with E-state index in [1.54, 1.807) is 42.5 Å². The normalized spacial score (nSPS) is 11.5. The van der Waals surface area contributed by atoms with E-state index in [1.165, 1.54) is 0 Å². The molecule has 0 radical (unpaired) electrons. The van der Waals surface area contributed by atoms with Crippen molar-refractivity contribution in [3.63, 3.8) is 0 Å². The molecule has 0 aliphatic heterocycles. The molecule has 7 heteroatoms. The zero-order valence-electron chi connectivity index (χ0n) is 14.5. The van der Waals surface area contributed by atoms with Crippen LogP contribution in [0.15, 0.2) is 42.5 Å². The van der Waals surface area contributed by atoms with Crippen molar-refractivity contribution < 1.29 is 14.3 Å². The average molecular weight is 395 g/mol. The van der Waals surface area contributed by atoms with Gasteiger partial charge in [0.1, 0.15) is 5.75 Å².